The molecule has 0 bridgehead atoms. The minimum absolute atomic E-state index is 0.276. The van der Waals surface area contributed by atoms with Crippen molar-refractivity contribution in [2.45, 2.75) is 24.2 Å². The van der Waals surface area contributed by atoms with Gasteiger partial charge >= 0.3 is 0 Å². The molecule has 20 heavy (non-hydrogen) atoms. The lowest BCUT2D eigenvalue weighted by Gasteiger charge is -2.29. The molecule has 0 amide bonds. The van der Waals surface area contributed by atoms with Gasteiger partial charge in [-0.2, -0.15) is 8.42 Å². The summed E-state index contributed by atoms with van der Waals surface area (Å²) in [4.78, 5) is 2.52. The van der Waals surface area contributed by atoms with Crippen LogP contribution in [0.5, 0.6) is 0 Å². The Balaban J connectivity index is 1.99. The lowest BCUT2D eigenvalue weighted by molar-refractivity contribution is 0.577. The van der Waals surface area contributed by atoms with Crippen molar-refractivity contribution in [1.82, 2.24) is 0 Å². The summed E-state index contributed by atoms with van der Waals surface area (Å²) >= 11 is 1.29. The highest BCUT2D eigenvalue weighted by atomic mass is 32.2. The monoisotopic (exact) mass is 311 g/mol. The first-order valence-electron chi connectivity index (χ1n) is 6.65. The third-order valence-corrected chi connectivity index (χ3v) is 5.61. The highest BCUT2D eigenvalue weighted by molar-refractivity contribution is 8.14. The summed E-state index contributed by atoms with van der Waals surface area (Å²) in [6, 6.07) is 5.56. The Morgan fingerprint density at radius 3 is 2.70 bits per heavy atom. The molecule has 0 aromatic heterocycles. The largest absolute Gasteiger partial charge is 0.371 e. The quantitative estimate of drug-likeness (QED) is 0.863. The lowest BCUT2D eigenvalue weighted by atomic mass is 10.1. The second-order valence-corrected chi connectivity index (χ2v) is 7.30. The number of nitrogens with one attached hydrogen (secondary N) is 1. The van der Waals surface area contributed by atoms with Crippen LogP contribution < -0.4 is 10.2 Å². The zero-order valence-corrected chi connectivity index (χ0v) is 12.9. The van der Waals surface area contributed by atoms with Gasteiger partial charge in [-0.25, -0.2) is 0 Å². The van der Waals surface area contributed by atoms with Gasteiger partial charge in [-0.15, -0.1) is 4.40 Å². The Kier molecular flexibility index (Phi) is 3.64. The third kappa shape index (κ3) is 2.52. The molecule has 0 saturated carbocycles. The van der Waals surface area contributed by atoms with Gasteiger partial charge in [0.25, 0.3) is 10.0 Å². The molecule has 2 aliphatic rings. The molecule has 2 heterocycles. The number of anilines is 2. The van der Waals surface area contributed by atoms with Gasteiger partial charge in [-0.05, 0) is 43.7 Å². The van der Waals surface area contributed by atoms with E-state index in [9.17, 15) is 8.42 Å². The highest BCUT2D eigenvalue weighted by Gasteiger charge is 2.26. The summed E-state index contributed by atoms with van der Waals surface area (Å²) in [5.41, 5.74) is 1.58. The third-order valence-electron chi connectivity index (χ3n) is 3.60. The Morgan fingerprint density at radius 2 is 2.00 bits per heavy atom. The van der Waals surface area contributed by atoms with Crippen LogP contribution in [0.2, 0.25) is 0 Å². The number of rotatable bonds is 1. The van der Waals surface area contributed by atoms with Crippen molar-refractivity contribution in [1.29, 1.82) is 0 Å². The molecule has 0 radical (unpaired) electrons. The summed E-state index contributed by atoms with van der Waals surface area (Å²) in [5, 5.41) is 3.47. The first-order chi connectivity index (χ1) is 9.60. The number of benzene rings is 1. The first-order valence-corrected chi connectivity index (χ1v) is 9.31. The maximum atomic E-state index is 12.2. The van der Waals surface area contributed by atoms with E-state index in [0.717, 1.165) is 31.6 Å². The van der Waals surface area contributed by atoms with E-state index in [1.165, 1.54) is 18.2 Å². The normalized spacial score (nSPS) is 20.9. The predicted molar refractivity (Wildman–Crippen MR) is 84.3 cm³/mol. The van der Waals surface area contributed by atoms with E-state index in [-0.39, 0.29) is 4.90 Å². The van der Waals surface area contributed by atoms with Crippen LogP contribution in [0.15, 0.2) is 27.5 Å². The van der Waals surface area contributed by atoms with Gasteiger partial charge in [0.05, 0.1) is 5.69 Å². The van der Waals surface area contributed by atoms with Gasteiger partial charge < -0.3 is 10.2 Å². The second-order valence-electron chi connectivity index (χ2n) is 4.93. The molecular formula is C13H17N3O2S2. The lowest BCUT2D eigenvalue weighted by Crippen LogP contribution is -2.29. The predicted octanol–water partition coefficient (Wildman–Crippen LogP) is 2.51. The fraction of sp³-hybridized carbons (Fsp3) is 0.462. The summed E-state index contributed by atoms with van der Waals surface area (Å²) < 4.78 is 28.2. The molecule has 7 heteroatoms. The number of sulfonamides is 1. The average Bonchev–Trinajstić information content (AvgIpc) is 2.47. The first kappa shape index (κ1) is 13.8. The zero-order chi connectivity index (χ0) is 14.2. The summed E-state index contributed by atoms with van der Waals surface area (Å²) in [7, 11) is -3.59. The van der Waals surface area contributed by atoms with Crippen molar-refractivity contribution in [3.8, 4) is 0 Å². The topological polar surface area (TPSA) is 61.8 Å². The number of hydrogen-bond acceptors (Lipinski definition) is 5. The van der Waals surface area contributed by atoms with Crippen LogP contribution in [0, 0.1) is 0 Å². The van der Waals surface area contributed by atoms with Gasteiger partial charge in [0.2, 0.25) is 0 Å². The van der Waals surface area contributed by atoms with E-state index in [4.69, 9.17) is 0 Å². The van der Waals surface area contributed by atoms with Crippen molar-refractivity contribution in [2.75, 3.05) is 29.6 Å². The van der Waals surface area contributed by atoms with Gasteiger partial charge in [0.15, 0.2) is 5.17 Å². The number of hydrogen-bond donors (Lipinski definition) is 1. The van der Waals surface area contributed by atoms with Crippen LogP contribution in [0.4, 0.5) is 11.4 Å². The molecule has 1 aromatic rings. The van der Waals surface area contributed by atoms with E-state index in [2.05, 4.69) is 14.6 Å². The Labute approximate surface area is 123 Å². The molecule has 1 fully saturated rings. The zero-order valence-electron chi connectivity index (χ0n) is 11.3. The number of nitrogens with zero attached hydrogens (tertiary/aromatic N) is 2. The fourth-order valence-electron chi connectivity index (χ4n) is 2.56. The van der Waals surface area contributed by atoms with Crippen LogP contribution in [0.1, 0.15) is 19.3 Å². The Hall–Kier alpha value is -1.21. The fourth-order valence-corrected chi connectivity index (χ4v) is 4.39. The van der Waals surface area contributed by atoms with Crippen molar-refractivity contribution in [2.24, 2.45) is 4.40 Å². The maximum absolute atomic E-state index is 12.2. The number of thioether (sulfide) groups is 1. The molecule has 1 aromatic carbocycles. The van der Waals surface area contributed by atoms with Gasteiger partial charge in [0.1, 0.15) is 4.90 Å². The van der Waals surface area contributed by atoms with Crippen LogP contribution in [0.25, 0.3) is 0 Å². The molecule has 0 unspecified atom stereocenters. The molecular weight excluding hydrogens is 294 g/mol. The van der Waals surface area contributed by atoms with E-state index in [1.807, 2.05) is 12.1 Å². The van der Waals surface area contributed by atoms with Crippen molar-refractivity contribution in [3.05, 3.63) is 18.2 Å². The molecule has 5 nitrogen and oxygen atoms in total. The van der Waals surface area contributed by atoms with Crippen LogP contribution >= 0.6 is 11.8 Å². The van der Waals surface area contributed by atoms with Crippen LogP contribution in [0.3, 0.4) is 0 Å². The molecule has 1 saturated heterocycles. The van der Waals surface area contributed by atoms with Gasteiger partial charge in [0, 0.05) is 18.8 Å². The molecule has 108 valence electrons. The van der Waals surface area contributed by atoms with E-state index >= 15 is 0 Å². The minimum Gasteiger partial charge on any atom is -0.371 e. The van der Waals surface area contributed by atoms with Crippen molar-refractivity contribution < 1.29 is 8.42 Å². The van der Waals surface area contributed by atoms with Crippen molar-refractivity contribution >= 4 is 38.3 Å². The van der Waals surface area contributed by atoms with Crippen LogP contribution in [-0.4, -0.2) is 32.9 Å². The van der Waals surface area contributed by atoms with E-state index in [0.29, 0.717) is 10.9 Å². The summed E-state index contributed by atoms with van der Waals surface area (Å²) in [6.07, 6.45) is 5.38. The van der Waals surface area contributed by atoms with E-state index < -0.39 is 10.0 Å². The maximum Gasteiger partial charge on any atom is 0.286 e. The Bertz CT molecular complexity index is 650. The Morgan fingerprint density at radius 1 is 1.25 bits per heavy atom. The number of fused-ring (bicyclic) bond motifs is 1. The average molecular weight is 311 g/mol. The van der Waals surface area contributed by atoms with Crippen LogP contribution in [-0.2, 0) is 10.0 Å². The van der Waals surface area contributed by atoms with Gasteiger partial charge in [-0.3, -0.25) is 0 Å². The second kappa shape index (κ2) is 5.29. The molecule has 0 aliphatic carbocycles. The minimum atomic E-state index is -3.59. The molecule has 0 atom stereocenters. The smallest absolute Gasteiger partial charge is 0.286 e. The highest BCUT2D eigenvalue weighted by Crippen LogP contribution is 2.33. The summed E-state index contributed by atoms with van der Waals surface area (Å²) in [5.74, 6) is 0. The number of amidine groups is 1. The van der Waals surface area contributed by atoms with E-state index in [1.54, 1.807) is 12.3 Å². The van der Waals surface area contributed by atoms with Crippen molar-refractivity contribution in [3.63, 3.8) is 0 Å². The summed E-state index contributed by atoms with van der Waals surface area (Å²) in [6.45, 7) is 1.98. The number of piperidine rings is 1. The SMILES string of the molecule is CSC1=NS(=O)(=O)c2cc(N3CCCCC3)ccc2N1. The van der Waals surface area contributed by atoms with Gasteiger partial charge in [-0.1, -0.05) is 11.8 Å². The molecule has 3 rings (SSSR count). The standard InChI is InChI=1S/C13H17N3O2S2/c1-19-13-14-11-6-5-10(16-7-3-2-4-8-16)9-12(11)20(17,18)15-13/h5-6,9H,2-4,7-8H2,1H3,(H,14,15). The molecule has 0 spiro atoms. The molecule has 2 aliphatic heterocycles. The molecule has 1 N–H and O–H groups in total.